The zero-order valence-electron chi connectivity index (χ0n) is 14.8. The lowest BCUT2D eigenvalue weighted by Gasteiger charge is -2.11. The summed E-state index contributed by atoms with van der Waals surface area (Å²) in [4.78, 5) is 24.2. The molecule has 2 aromatic rings. The molecule has 2 N–H and O–H groups in total. The molecular formula is C19H22N2O4. The van der Waals surface area contributed by atoms with Crippen molar-refractivity contribution < 1.29 is 19.1 Å². The highest BCUT2D eigenvalue weighted by molar-refractivity contribution is 5.99. The molecule has 25 heavy (non-hydrogen) atoms. The van der Waals surface area contributed by atoms with Gasteiger partial charge >= 0.3 is 0 Å². The van der Waals surface area contributed by atoms with Crippen molar-refractivity contribution in [1.29, 1.82) is 0 Å². The maximum absolute atomic E-state index is 12.1. The molecule has 0 saturated carbocycles. The molecule has 2 aromatic carbocycles. The Kier molecular flexibility index (Phi) is 6.00. The molecule has 0 fully saturated rings. The second-order valence-corrected chi connectivity index (χ2v) is 5.63. The van der Waals surface area contributed by atoms with Crippen LogP contribution < -0.4 is 20.1 Å². The van der Waals surface area contributed by atoms with E-state index in [1.54, 1.807) is 30.3 Å². The minimum Gasteiger partial charge on any atom is -0.497 e. The van der Waals surface area contributed by atoms with Crippen molar-refractivity contribution in [1.82, 2.24) is 5.32 Å². The van der Waals surface area contributed by atoms with Crippen LogP contribution in [0, 0.1) is 13.8 Å². The number of anilines is 1. The molecule has 0 unspecified atom stereocenters. The Balaban J connectivity index is 1.96. The van der Waals surface area contributed by atoms with Gasteiger partial charge in [-0.3, -0.25) is 9.59 Å². The van der Waals surface area contributed by atoms with Gasteiger partial charge in [0.15, 0.2) is 0 Å². The van der Waals surface area contributed by atoms with Crippen LogP contribution in [0.5, 0.6) is 11.5 Å². The minimum atomic E-state index is -0.340. The third-order valence-corrected chi connectivity index (χ3v) is 3.81. The van der Waals surface area contributed by atoms with E-state index in [0.717, 1.165) is 11.1 Å². The van der Waals surface area contributed by atoms with Crippen LogP contribution in [0.15, 0.2) is 36.4 Å². The second kappa shape index (κ2) is 8.19. The van der Waals surface area contributed by atoms with Crippen LogP contribution in [0.3, 0.4) is 0 Å². The predicted octanol–water partition coefficient (Wildman–Crippen LogP) is 2.69. The summed E-state index contributed by atoms with van der Waals surface area (Å²) in [5, 5.41) is 5.31. The summed E-state index contributed by atoms with van der Waals surface area (Å²) >= 11 is 0. The van der Waals surface area contributed by atoms with E-state index in [0.29, 0.717) is 22.7 Å². The number of rotatable bonds is 6. The van der Waals surface area contributed by atoms with E-state index in [1.807, 2.05) is 19.9 Å². The van der Waals surface area contributed by atoms with Crippen LogP contribution in [-0.2, 0) is 4.79 Å². The van der Waals surface area contributed by atoms with E-state index >= 15 is 0 Å². The predicted molar refractivity (Wildman–Crippen MR) is 96.4 cm³/mol. The number of benzene rings is 2. The van der Waals surface area contributed by atoms with E-state index in [2.05, 4.69) is 10.6 Å². The molecule has 0 aliphatic rings. The fourth-order valence-electron chi connectivity index (χ4n) is 2.23. The molecular weight excluding hydrogens is 320 g/mol. The number of methoxy groups -OCH3 is 2. The molecule has 0 radical (unpaired) electrons. The zero-order chi connectivity index (χ0) is 18.4. The summed E-state index contributed by atoms with van der Waals surface area (Å²) < 4.78 is 10.3. The van der Waals surface area contributed by atoms with Gasteiger partial charge in [0, 0.05) is 29.4 Å². The Morgan fingerprint density at radius 3 is 2.12 bits per heavy atom. The van der Waals surface area contributed by atoms with Crippen LogP contribution in [0.1, 0.15) is 21.5 Å². The molecule has 0 aromatic heterocycles. The van der Waals surface area contributed by atoms with Crippen molar-refractivity contribution in [2.75, 3.05) is 26.1 Å². The average molecular weight is 342 g/mol. The molecule has 2 rings (SSSR count). The molecule has 0 spiro atoms. The second-order valence-electron chi connectivity index (χ2n) is 5.63. The molecule has 0 heterocycles. The molecule has 0 saturated heterocycles. The first kappa shape index (κ1) is 18.3. The van der Waals surface area contributed by atoms with E-state index in [1.165, 1.54) is 14.2 Å². The first-order chi connectivity index (χ1) is 11.9. The largest absolute Gasteiger partial charge is 0.497 e. The lowest BCUT2D eigenvalue weighted by Crippen LogP contribution is -2.32. The third-order valence-electron chi connectivity index (χ3n) is 3.81. The standard InChI is InChI=1S/C19H22N2O4/c1-12-5-6-14(7-13(12)2)19(23)20-11-18(22)21-15-8-16(24-3)10-17(9-15)25-4/h5-10H,11H2,1-4H3,(H,20,23)(H,21,22). The first-order valence-corrected chi connectivity index (χ1v) is 7.81. The van der Waals surface area contributed by atoms with E-state index < -0.39 is 0 Å². The number of hydrogen-bond donors (Lipinski definition) is 2. The summed E-state index contributed by atoms with van der Waals surface area (Å²) in [5.74, 6) is 0.497. The van der Waals surface area contributed by atoms with E-state index in [-0.39, 0.29) is 18.4 Å². The van der Waals surface area contributed by atoms with Gasteiger partial charge in [-0.1, -0.05) is 6.07 Å². The van der Waals surface area contributed by atoms with Crippen LogP contribution >= 0.6 is 0 Å². The fourth-order valence-corrected chi connectivity index (χ4v) is 2.23. The SMILES string of the molecule is COc1cc(NC(=O)CNC(=O)c2ccc(C)c(C)c2)cc(OC)c1. The van der Waals surface area contributed by atoms with Crippen LogP contribution in [0.25, 0.3) is 0 Å². The first-order valence-electron chi connectivity index (χ1n) is 7.81. The number of carbonyl (C=O) groups is 2. The normalized spacial score (nSPS) is 10.1. The van der Waals surface area contributed by atoms with Gasteiger partial charge in [-0.25, -0.2) is 0 Å². The zero-order valence-corrected chi connectivity index (χ0v) is 14.8. The van der Waals surface area contributed by atoms with Crippen molar-refractivity contribution in [3.63, 3.8) is 0 Å². The lowest BCUT2D eigenvalue weighted by molar-refractivity contribution is -0.115. The number of amides is 2. The van der Waals surface area contributed by atoms with Crippen molar-refractivity contribution in [3.8, 4) is 11.5 Å². The highest BCUT2D eigenvalue weighted by Gasteiger charge is 2.10. The monoisotopic (exact) mass is 342 g/mol. The Morgan fingerprint density at radius 1 is 0.920 bits per heavy atom. The van der Waals surface area contributed by atoms with Crippen molar-refractivity contribution in [2.24, 2.45) is 0 Å². The number of carbonyl (C=O) groups excluding carboxylic acids is 2. The maximum Gasteiger partial charge on any atom is 0.251 e. The van der Waals surface area contributed by atoms with E-state index in [4.69, 9.17) is 9.47 Å². The molecule has 6 heteroatoms. The molecule has 2 amide bonds. The Hall–Kier alpha value is -3.02. The average Bonchev–Trinajstić information content (AvgIpc) is 2.61. The quantitative estimate of drug-likeness (QED) is 0.846. The molecule has 132 valence electrons. The molecule has 0 atom stereocenters. The van der Waals surface area contributed by atoms with Gasteiger partial charge < -0.3 is 20.1 Å². The van der Waals surface area contributed by atoms with Gasteiger partial charge in [0.05, 0.1) is 20.8 Å². The number of nitrogens with one attached hydrogen (secondary N) is 2. The minimum absolute atomic E-state index is 0.134. The van der Waals surface area contributed by atoms with E-state index in [9.17, 15) is 9.59 Å². The highest BCUT2D eigenvalue weighted by Crippen LogP contribution is 2.25. The lowest BCUT2D eigenvalue weighted by atomic mass is 10.1. The smallest absolute Gasteiger partial charge is 0.251 e. The highest BCUT2D eigenvalue weighted by atomic mass is 16.5. The fraction of sp³-hybridized carbons (Fsp3) is 0.263. The third kappa shape index (κ3) is 4.97. The van der Waals surface area contributed by atoms with Crippen molar-refractivity contribution >= 4 is 17.5 Å². The van der Waals surface area contributed by atoms with Gasteiger partial charge in [0.25, 0.3) is 5.91 Å². The topological polar surface area (TPSA) is 76.7 Å². The van der Waals surface area contributed by atoms with Gasteiger partial charge in [-0.15, -0.1) is 0 Å². The molecule has 0 bridgehead atoms. The molecule has 6 nitrogen and oxygen atoms in total. The van der Waals surface area contributed by atoms with Gasteiger partial charge in [-0.05, 0) is 37.1 Å². The Morgan fingerprint density at radius 2 is 1.56 bits per heavy atom. The van der Waals surface area contributed by atoms with Crippen molar-refractivity contribution in [2.45, 2.75) is 13.8 Å². The summed E-state index contributed by atoms with van der Waals surface area (Å²) in [6.07, 6.45) is 0. The van der Waals surface area contributed by atoms with Crippen molar-refractivity contribution in [3.05, 3.63) is 53.1 Å². The maximum atomic E-state index is 12.1. The Labute approximate surface area is 147 Å². The van der Waals surface area contributed by atoms with Crippen LogP contribution in [-0.4, -0.2) is 32.6 Å². The molecule has 0 aliphatic heterocycles. The summed E-state index contributed by atoms with van der Waals surface area (Å²) in [6.45, 7) is 3.78. The van der Waals surface area contributed by atoms with Crippen LogP contribution in [0.2, 0.25) is 0 Å². The number of ether oxygens (including phenoxy) is 2. The van der Waals surface area contributed by atoms with Crippen LogP contribution in [0.4, 0.5) is 5.69 Å². The number of hydrogen-bond acceptors (Lipinski definition) is 4. The van der Waals surface area contributed by atoms with Gasteiger partial charge in [-0.2, -0.15) is 0 Å². The summed E-state index contributed by atoms with van der Waals surface area (Å²) in [5.41, 5.74) is 3.20. The summed E-state index contributed by atoms with van der Waals surface area (Å²) in [6, 6.07) is 10.5. The summed E-state index contributed by atoms with van der Waals surface area (Å²) in [7, 11) is 3.06. The van der Waals surface area contributed by atoms with Gasteiger partial charge in [0.1, 0.15) is 11.5 Å². The molecule has 0 aliphatic carbocycles. The Bertz CT molecular complexity index is 765. The number of aryl methyl sites for hydroxylation is 2. The van der Waals surface area contributed by atoms with Gasteiger partial charge in [0.2, 0.25) is 5.91 Å².